The third-order valence-electron chi connectivity index (χ3n) is 3.39. The van der Waals surface area contributed by atoms with E-state index in [2.05, 4.69) is 40.0 Å². The van der Waals surface area contributed by atoms with Crippen LogP contribution in [0.4, 0.5) is 8.78 Å². The molecule has 1 heterocycles. The Morgan fingerprint density at radius 3 is 2.84 bits per heavy atom. The van der Waals surface area contributed by atoms with Crippen LogP contribution in [-0.4, -0.2) is 30.1 Å². The summed E-state index contributed by atoms with van der Waals surface area (Å²) in [6.07, 6.45) is 0.987. The molecule has 0 aromatic heterocycles. The smallest absolute Gasteiger partial charge is 0.144 e. The second-order valence-electron chi connectivity index (χ2n) is 5.70. The van der Waals surface area contributed by atoms with Gasteiger partial charge in [0.15, 0.2) is 0 Å². The van der Waals surface area contributed by atoms with Crippen molar-refractivity contribution in [1.29, 1.82) is 0 Å². The van der Waals surface area contributed by atoms with Crippen LogP contribution in [0, 0.1) is 11.6 Å². The standard InChI is InChI=1S/C14H19BrF2N2/c1-14(2)9-19(7-3-6-18-14)8-10-12(16)5-4-11(15)13(10)17/h4-5,18H,3,6-9H2,1-2H3. The van der Waals surface area contributed by atoms with Gasteiger partial charge in [-0.3, -0.25) is 4.90 Å². The summed E-state index contributed by atoms with van der Waals surface area (Å²) in [5.74, 6) is -0.967. The van der Waals surface area contributed by atoms with Crippen LogP contribution in [0.25, 0.3) is 0 Å². The number of benzene rings is 1. The first-order chi connectivity index (χ1) is 8.89. The Kier molecular flexibility index (Phi) is 4.58. The van der Waals surface area contributed by atoms with Gasteiger partial charge in [0.1, 0.15) is 11.6 Å². The van der Waals surface area contributed by atoms with E-state index < -0.39 is 11.6 Å². The summed E-state index contributed by atoms with van der Waals surface area (Å²) < 4.78 is 28.1. The molecule has 106 valence electrons. The first-order valence-corrected chi connectivity index (χ1v) is 7.28. The number of rotatable bonds is 2. The molecule has 0 unspecified atom stereocenters. The van der Waals surface area contributed by atoms with Crippen molar-refractivity contribution in [1.82, 2.24) is 10.2 Å². The van der Waals surface area contributed by atoms with E-state index in [0.29, 0.717) is 11.0 Å². The SMILES string of the molecule is CC1(C)CN(Cc2c(F)ccc(Br)c2F)CCCN1. The summed E-state index contributed by atoms with van der Waals surface area (Å²) in [6.45, 7) is 7.09. The Bertz CT molecular complexity index is 463. The molecule has 1 N–H and O–H groups in total. The van der Waals surface area contributed by atoms with Crippen molar-refractivity contribution < 1.29 is 8.78 Å². The molecular weight excluding hydrogens is 314 g/mol. The molecule has 1 fully saturated rings. The second kappa shape index (κ2) is 5.85. The van der Waals surface area contributed by atoms with Crippen molar-refractivity contribution in [2.75, 3.05) is 19.6 Å². The van der Waals surface area contributed by atoms with Gasteiger partial charge in [-0.15, -0.1) is 0 Å². The molecule has 19 heavy (non-hydrogen) atoms. The maximum Gasteiger partial charge on any atom is 0.144 e. The minimum atomic E-state index is -0.491. The highest BCUT2D eigenvalue weighted by Crippen LogP contribution is 2.24. The highest BCUT2D eigenvalue weighted by atomic mass is 79.9. The molecule has 5 heteroatoms. The molecule has 1 aliphatic heterocycles. The van der Waals surface area contributed by atoms with Crippen LogP contribution in [0.15, 0.2) is 16.6 Å². The Balaban J connectivity index is 2.18. The fraction of sp³-hybridized carbons (Fsp3) is 0.571. The van der Waals surface area contributed by atoms with Crippen molar-refractivity contribution in [2.24, 2.45) is 0 Å². The number of halogens is 3. The highest BCUT2D eigenvalue weighted by Gasteiger charge is 2.25. The molecule has 1 aromatic rings. The van der Waals surface area contributed by atoms with E-state index in [9.17, 15) is 8.78 Å². The number of nitrogens with zero attached hydrogens (tertiary/aromatic N) is 1. The van der Waals surface area contributed by atoms with Crippen LogP contribution in [0.3, 0.4) is 0 Å². The monoisotopic (exact) mass is 332 g/mol. The summed E-state index contributed by atoms with van der Waals surface area (Å²) in [6, 6.07) is 2.71. The summed E-state index contributed by atoms with van der Waals surface area (Å²) in [7, 11) is 0. The van der Waals surface area contributed by atoms with Gasteiger partial charge in [-0.05, 0) is 61.4 Å². The summed E-state index contributed by atoms with van der Waals surface area (Å²) in [4.78, 5) is 2.11. The minimum absolute atomic E-state index is 0.0323. The predicted octanol–water partition coefficient (Wildman–Crippen LogP) is 3.30. The topological polar surface area (TPSA) is 15.3 Å². The first kappa shape index (κ1) is 14.9. The molecule has 0 spiro atoms. The molecule has 0 aliphatic carbocycles. The van der Waals surface area contributed by atoms with Gasteiger partial charge in [-0.1, -0.05) is 0 Å². The van der Waals surface area contributed by atoms with Crippen LogP contribution >= 0.6 is 15.9 Å². The molecule has 1 saturated heterocycles. The maximum atomic E-state index is 14.0. The number of hydrogen-bond donors (Lipinski definition) is 1. The van der Waals surface area contributed by atoms with Crippen LogP contribution in [-0.2, 0) is 6.54 Å². The van der Waals surface area contributed by atoms with Gasteiger partial charge < -0.3 is 5.32 Å². The molecule has 0 saturated carbocycles. The van der Waals surface area contributed by atoms with Crippen LogP contribution < -0.4 is 5.32 Å². The van der Waals surface area contributed by atoms with Gasteiger partial charge in [0.25, 0.3) is 0 Å². The van der Waals surface area contributed by atoms with E-state index in [1.807, 2.05) is 0 Å². The Labute approximate surface area is 121 Å². The van der Waals surface area contributed by atoms with E-state index in [0.717, 1.165) is 26.1 Å². The summed E-state index contributed by atoms with van der Waals surface area (Å²) in [5.41, 5.74) is 0.113. The molecular formula is C14H19BrF2N2. The Morgan fingerprint density at radius 2 is 2.11 bits per heavy atom. The molecule has 1 aliphatic rings. The third-order valence-corrected chi connectivity index (χ3v) is 4.01. The van der Waals surface area contributed by atoms with E-state index in [4.69, 9.17) is 0 Å². The predicted molar refractivity (Wildman–Crippen MR) is 76.0 cm³/mol. The van der Waals surface area contributed by atoms with Gasteiger partial charge in [-0.2, -0.15) is 0 Å². The van der Waals surface area contributed by atoms with E-state index in [-0.39, 0.29) is 11.1 Å². The molecule has 1 aromatic carbocycles. The molecule has 2 rings (SSSR count). The number of nitrogens with one attached hydrogen (secondary N) is 1. The maximum absolute atomic E-state index is 14.0. The van der Waals surface area contributed by atoms with E-state index >= 15 is 0 Å². The fourth-order valence-electron chi connectivity index (χ4n) is 2.50. The van der Waals surface area contributed by atoms with Gasteiger partial charge in [0.05, 0.1) is 4.47 Å². The average Bonchev–Trinajstić information content (AvgIpc) is 2.50. The minimum Gasteiger partial charge on any atom is -0.310 e. The van der Waals surface area contributed by atoms with Crippen molar-refractivity contribution in [3.05, 3.63) is 33.8 Å². The third kappa shape index (κ3) is 3.74. The van der Waals surface area contributed by atoms with Crippen molar-refractivity contribution in [3.8, 4) is 0 Å². The molecule has 0 amide bonds. The van der Waals surface area contributed by atoms with E-state index in [1.54, 1.807) is 0 Å². The zero-order valence-electron chi connectivity index (χ0n) is 11.3. The zero-order chi connectivity index (χ0) is 14.0. The lowest BCUT2D eigenvalue weighted by molar-refractivity contribution is 0.218. The van der Waals surface area contributed by atoms with Crippen LogP contribution in [0.5, 0.6) is 0 Å². The average molecular weight is 333 g/mol. The van der Waals surface area contributed by atoms with Gasteiger partial charge in [-0.25, -0.2) is 8.78 Å². The lowest BCUT2D eigenvalue weighted by Crippen LogP contribution is -2.46. The van der Waals surface area contributed by atoms with E-state index in [1.165, 1.54) is 12.1 Å². The largest absolute Gasteiger partial charge is 0.310 e. The fourth-order valence-corrected chi connectivity index (χ4v) is 2.87. The van der Waals surface area contributed by atoms with Crippen LogP contribution in [0.2, 0.25) is 0 Å². The molecule has 0 atom stereocenters. The summed E-state index contributed by atoms with van der Waals surface area (Å²) >= 11 is 3.11. The first-order valence-electron chi connectivity index (χ1n) is 6.49. The Morgan fingerprint density at radius 1 is 1.37 bits per heavy atom. The summed E-state index contributed by atoms with van der Waals surface area (Å²) in [5, 5.41) is 3.44. The lowest BCUT2D eigenvalue weighted by atomic mass is 10.1. The van der Waals surface area contributed by atoms with Crippen molar-refractivity contribution in [2.45, 2.75) is 32.4 Å². The normalized spacial score (nSPS) is 20.3. The lowest BCUT2D eigenvalue weighted by Gasteiger charge is -2.30. The van der Waals surface area contributed by atoms with Crippen molar-refractivity contribution >= 4 is 15.9 Å². The van der Waals surface area contributed by atoms with Crippen LogP contribution in [0.1, 0.15) is 25.8 Å². The number of hydrogen-bond acceptors (Lipinski definition) is 2. The molecule has 2 nitrogen and oxygen atoms in total. The molecule has 0 radical (unpaired) electrons. The molecule has 0 bridgehead atoms. The second-order valence-corrected chi connectivity index (χ2v) is 6.55. The van der Waals surface area contributed by atoms with Gasteiger partial charge >= 0.3 is 0 Å². The zero-order valence-corrected chi connectivity index (χ0v) is 12.9. The Hall–Kier alpha value is -0.520. The van der Waals surface area contributed by atoms with Gasteiger partial charge in [0.2, 0.25) is 0 Å². The highest BCUT2D eigenvalue weighted by molar-refractivity contribution is 9.10. The van der Waals surface area contributed by atoms with Gasteiger partial charge in [0, 0.05) is 24.2 Å². The quantitative estimate of drug-likeness (QED) is 0.836. The van der Waals surface area contributed by atoms with Crippen molar-refractivity contribution in [3.63, 3.8) is 0 Å².